The molecule has 0 saturated carbocycles. The molecular weight excluding hydrogens is 234 g/mol. The third-order valence-corrected chi connectivity index (χ3v) is 2.98. The van der Waals surface area contributed by atoms with Gasteiger partial charge in [0.05, 0.1) is 18.6 Å². The standard InChI is InChI=1S/C13H23NO4/c1-6-10(15)9-7-14(8-11(9)17-5)12(16)18-13(2,3)4/h9,11H,6-8H2,1-5H3. The van der Waals surface area contributed by atoms with E-state index < -0.39 is 5.60 Å². The van der Waals surface area contributed by atoms with Gasteiger partial charge in [0, 0.05) is 20.1 Å². The smallest absolute Gasteiger partial charge is 0.410 e. The van der Waals surface area contributed by atoms with E-state index in [1.165, 1.54) is 0 Å². The Bertz CT molecular complexity index is 321. The number of Topliss-reactive ketones (excluding diaryl/α,β-unsaturated/α-hetero) is 1. The Labute approximate surface area is 108 Å². The number of carbonyl (C=O) groups is 2. The maximum Gasteiger partial charge on any atom is 0.410 e. The van der Waals surface area contributed by atoms with Crippen molar-refractivity contribution >= 4 is 11.9 Å². The van der Waals surface area contributed by atoms with Gasteiger partial charge in [0.25, 0.3) is 0 Å². The van der Waals surface area contributed by atoms with Crippen molar-refractivity contribution in [3.05, 3.63) is 0 Å². The van der Waals surface area contributed by atoms with Crippen LogP contribution in [0.15, 0.2) is 0 Å². The highest BCUT2D eigenvalue weighted by Crippen LogP contribution is 2.23. The van der Waals surface area contributed by atoms with Crippen LogP contribution in [0.4, 0.5) is 4.79 Å². The molecule has 0 spiro atoms. The first-order valence-corrected chi connectivity index (χ1v) is 6.32. The molecule has 1 amide bonds. The average Bonchev–Trinajstić information content (AvgIpc) is 2.69. The molecule has 1 rings (SSSR count). The largest absolute Gasteiger partial charge is 0.444 e. The van der Waals surface area contributed by atoms with Crippen LogP contribution in [-0.4, -0.2) is 48.7 Å². The van der Waals surface area contributed by atoms with Crippen molar-refractivity contribution in [2.45, 2.75) is 45.8 Å². The van der Waals surface area contributed by atoms with Crippen molar-refractivity contribution in [3.8, 4) is 0 Å². The summed E-state index contributed by atoms with van der Waals surface area (Å²) in [4.78, 5) is 25.2. The van der Waals surface area contributed by atoms with Gasteiger partial charge in [0.2, 0.25) is 0 Å². The number of carbonyl (C=O) groups excluding carboxylic acids is 2. The highest BCUT2D eigenvalue weighted by molar-refractivity contribution is 5.83. The molecule has 0 aliphatic carbocycles. The lowest BCUT2D eigenvalue weighted by atomic mass is 9.99. The van der Waals surface area contributed by atoms with Crippen LogP contribution in [0, 0.1) is 5.92 Å². The Morgan fingerprint density at radius 2 is 1.89 bits per heavy atom. The number of ketones is 1. The van der Waals surface area contributed by atoms with Crippen LogP contribution >= 0.6 is 0 Å². The first-order valence-electron chi connectivity index (χ1n) is 6.32. The van der Waals surface area contributed by atoms with Gasteiger partial charge in [-0.05, 0) is 20.8 Å². The zero-order valence-electron chi connectivity index (χ0n) is 11.9. The summed E-state index contributed by atoms with van der Waals surface area (Å²) < 4.78 is 10.6. The fourth-order valence-corrected chi connectivity index (χ4v) is 2.06. The monoisotopic (exact) mass is 257 g/mol. The van der Waals surface area contributed by atoms with Gasteiger partial charge in [-0.15, -0.1) is 0 Å². The fourth-order valence-electron chi connectivity index (χ4n) is 2.06. The summed E-state index contributed by atoms with van der Waals surface area (Å²) in [5.41, 5.74) is -0.521. The lowest BCUT2D eigenvalue weighted by Gasteiger charge is -2.24. The van der Waals surface area contributed by atoms with Crippen LogP contribution in [-0.2, 0) is 14.3 Å². The van der Waals surface area contributed by atoms with Crippen LogP contribution < -0.4 is 0 Å². The highest BCUT2D eigenvalue weighted by Gasteiger charge is 2.40. The molecule has 1 heterocycles. The van der Waals surface area contributed by atoms with E-state index in [4.69, 9.17) is 9.47 Å². The first-order chi connectivity index (χ1) is 8.28. The van der Waals surface area contributed by atoms with Crippen LogP contribution in [0.3, 0.4) is 0 Å². The fraction of sp³-hybridized carbons (Fsp3) is 0.846. The van der Waals surface area contributed by atoms with Crippen molar-refractivity contribution in [1.82, 2.24) is 4.90 Å². The maximum absolute atomic E-state index is 11.9. The van der Waals surface area contributed by atoms with Crippen LogP contribution in [0.2, 0.25) is 0 Å². The van der Waals surface area contributed by atoms with Crippen molar-refractivity contribution in [1.29, 1.82) is 0 Å². The summed E-state index contributed by atoms with van der Waals surface area (Å²) in [6, 6.07) is 0. The third-order valence-electron chi connectivity index (χ3n) is 2.98. The topological polar surface area (TPSA) is 55.8 Å². The van der Waals surface area contributed by atoms with Crippen molar-refractivity contribution in [2.75, 3.05) is 20.2 Å². The number of amides is 1. The molecule has 1 saturated heterocycles. The molecule has 0 aromatic rings. The SMILES string of the molecule is CCC(=O)C1CN(C(=O)OC(C)(C)C)CC1OC. The number of rotatable bonds is 3. The molecule has 1 aliphatic rings. The van der Waals surface area contributed by atoms with Gasteiger partial charge in [0.15, 0.2) is 0 Å². The van der Waals surface area contributed by atoms with E-state index in [-0.39, 0.29) is 23.9 Å². The Kier molecular flexibility index (Phi) is 4.73. The molecule has 5 nitrogen and oxygen atoms in total. The van der Waals surface area contributed by atoms with E-state index in [1.54, 1.807) is 12.0 Å². The van der Waals surface area contributed by atoms with E-state index >= 15 is 0 Å². The lowest BCUT2D eigenvalue weighted by molar-refractivity contribution is -0.125. The number of hydrogen-bond donors (Lipinski definition) is 0. The van der Waals surface area contributed by atoms with E-state index in [9.17, 15) is 9.59 Å². The van der Waals surface area contributed by atoms with Crippen LogP contribution in [0.5, 0.6) is 0 Å². The molecule has 5 heteroatoms. The van der Waals surface area contributed by atoms with E-state index in [0.29, 0.717) is 19.5 Å². The normalized spacial score (nSPS) is 24.2. The zero-order chi connectivity index (χ0) is 13.9. The molecule has 0 aromatic heterocycles. The lowest BCUT2D eigenvalue weighted by Crippen LogP contribution is -2.36. The number of likely N-dealkylation sites (tertiary alicyclic amines) is 1. The molecule has 18 heavy (non-hydrogen) atoms. The Balaban J connectivity index is 2.66. The predicted octanol–water partition coefficient (Wildman–Crippen LogP) is 1.85. The molecule has 0 radical (unpaired) electrons. The summed E-state index contributed by atoms with van der Waals surface area (Å²) in [7, 11) is 1.57. The van der Waals surface area contributed by atoms with E-state index in [2.05, 4.69) is 0 Å². The molecular formula is C13H23NO4. The van der Waals surface area contributed by atoms with Crippen LogP contribution in [0.25, 0.3) is 0 Å². The second kappa shape index (κ2) is 5.69. The first kappa shape index (κ1) is 15.0. The Morgan fingerprint density at radius 1 is 1.28 bits per heavy atom. The minimum atomic E-state index is -0.521. The molecule has 2 unspecified atom stereocenters. The number of nitrogens with zero attached hydrogens (tertiary/aromatic N) is 1. The molecule has 0 bridgehead atoms. The van der Waals surface area contributed by atoms with Crippen molar-refractivity contribution < 1.29 is 19.1 Å². The molecule has 2 atom stereocenters. The third kappa shape index (κ3) is 3.70. The predicted molar refractivity (Wildman–Crippen MR) is 67.4 cm³/mol. The minimum absolute atomic E-state index is 0.132. The second-order valence-corrected chi connectivity index (χ2v) is 5.59. The molecule has 1 aliphatic heterocycles. The van der Waals surface area contributed by atoms with E-state index in [1.807, 2.05) is 27.7 Å². The van der Waals surface area contributed by atoms with Gasteiger partial charge < -0.3 is 14.4 Å². The summed E-state index contributed by atoms with van der Waals surface area (Å²) in [6.45, 7) is 8.10. The molecule has 0 N–H and O–H groups in total. The molecule has 0 aromatic carbocycles. The molecule has 1 fully saturated rings. The van der Waals surface area contributed by atoms with Crippen molar-refractivity contribution in [3.63, 3.8) is 0 Å². The van der Waals surface area contributed by atoms with Gasteiger partial charge in [-0.25, -0.2) is 4.79 Å². The Morgan fingerprint density at radius 3 is 2.33 bits per heavy atom. The molecule has 104 valence electrons. The van der Waals surface area contributed by atoms with Crippen molar-refractivity contribution in [2.24, 2.45) is 5.92 Å². The maximum atomic E-state index is 11.9. The van der Waals surface area contributed by atoms with Gasteiger partial charge in [0.1, 0.15) is 11.4 Å². The number of ether oxygens (including phenoxy) is 2. The summed E-state index contributed by atoms with van der Waals surface area (Å²) in [5.74, 6) is -0.0968. The minimum Gasteiger partial charge on any atom is -0.444 e. The second-order valence-electron chi connectivity index (χ2n) is 5.59. The van der Waals surface area contributed by atoms with Gasteiger partial charge >= 0.3 is 6.09 Å². The average molecular weight is 257 g/mol. The number of methoxy groups -OCH3 is 1. The highest BCUT2D eigenvalue weighted by atomic mass is 16.6. The Hall–Kier alpha value is -1.10. The number of hydrogen-bond acceptors (Lipinski definition) is 4. The van der Waals surface area contributed by atoms with Gasteiger partial charge in [-0.3, -0.25) is 4.79 Å². The van der Waals surface area contributed by atoms with Crippen LogP contribution in [0.1, 0.15) is 34.1 Å². The summed E-state index contributed by atoms with van der Waals surface area (Å²) in [6.07, 6.45) is -0.131. The summed E-state index contributed by atoms with van der Waals surface area (Å²) >= 11 is 0. The summed E-state index contributed by atoms with van der Waals surface area (Å²) in [5, 5.41) is 0. The van der Waals surface area contributed by atoms with E-state index in [0.717, 1.165) is 0 Å². The zero-order valence-corrected chi connectivity index (χ0v) is 11.9. The van der Waals surface area contributed by atoms with Gasteiger partial charge in [-0.2, -0.15) is 0 Å². The van der Waals surface area contributed by atoms with Gasteiger partial charge in [-0.1, -0.05) is 6.92 Å². The quantitative estimate of drug-likeness (QED) is 0.774.